The van der Waals surface area contributed by atoms with Crippen molar-refractivity contribution in [2.45, 2.75) is 41.2 Å². The van der Waals surface area contributed by atoms with E-state index in [1.54, 1.807) is 17.9 Å². The fourth-order valence-electron chi connectivity index (χ4n) is 3.90. The highest BCUT2D eigenvalue weighted by Gasteiger charge is 2.28. The van der Waals surface area contributed by atoms with Gasteiger partial charge in [0.1, 0.15) is 5.00 Å². The van der Waals surface area contributed by atoms with Crippen LogP contribution in [-0.4, -0.2) is 51.9 Å². The first-order valence-electron chi connectivity index (χ1n) is 11.6. The molecule has 0 aliphatic rings. The van der Waals surface area contributed by atoms with Gasteiger partial charge in [-0.2, -0.15) is 5.10 Å². The molecule has 0 aliphatic heterocycles. The summed E-state index contributed by atoms with van der Waals surface area (Å²) in [7, 11) is 1.31. The SMILES string of the molecule is CCN(CC)C(=O)c1sc(NC(=S)Nc2c(C)nn(Cc3ccc(Cl)c(Cl)c3)c2C)c(C(=O)OC)c1C. The van der Waals surface area contributed by atoms with Crippen molar-refractivity contribution in [2.24, 2.45) is 0 Å². The molecular formula is C25H29Cl2N5O3S2. The van der Waals surface area contributed by atoms with Crippen molar-refractivity contribution >= 4 is 74.4 Å². The van der Waals surface area contributed by atoms with Crippen molar-refractivity contribution in [3.05, 3.63) is 61.2 Å². The van der Waals surface area contributed by atoms with Crippen molar-refractivity contribution in [3.63, 3.8) is 0 Å². The molecular weight excluding hydrogens is 553 g/mol. The molecule has 0 aliphatic carbocycles. The van der Waals surface area contributed by atoms with Crippen molar-refractivity contribution in [2.75, 3.05) is 30.8 Å². The number of nitrogens with zero attached hydrogens (tertiary/aromatic N) is 3. The standard InChI is InChI=1S/C25H29Cl2N5O3S2/c1-7-31(8-2)23(33)21-13(3)19(24(34)35-6)22(37-21)29-25(36)28-20-14(4)30-32(15(20)5)12-16-9-10-17(26)18(27)11-16/h9-11H,7-8,12H2,1-6H3,(H2,28,29,36). The molecule has 1 amide bonds. The molecule has 2 aromatic heterocycles. The summed E-state index contributed by atoms with van der Waals surface area (Å²) >= 11 is 18.9. The second kappa shape index (κ2) is 12.3. The van der Waals surface area contributed by atoms with Crippen LogP contribution < -0.4 is 10.6 Å². The topological polar surface area (TPSA) is 88.5 Å². The third-order valence-corrected chi connectivity index (χ3v) is 8.08. The third kappa shape index (κ3) is 6.26. The van der Waals surface area contributed by atoms with E-state index >= 15 is 0 Å². The Labute approximate surface area is 235 Å². The number of carbonyl (C=O) groups excluding carboxylic acids is 2. The number of ether oxygens (including phenoxy) is 1. The fraction of sp³-hybridized carbons (Fsp3) is 0.360. The Morgan fingerprint density at radius 1 is 1.14 bits per heavy atom. The van der Waals surface area contributed by atoms with Gasteiger partial charge >= 0.3 is 5.97 Å². The highest BCUT2D eigenvalue weighted by molar-refractivity contribution is 7.80. The normalized spacial score (nSPS) is 10.8. The molecule has 0 unspecified atom stereocenters. The monoisotopic (exact) mass is 581 g/mol. The van der Waals surface area contributed by atoms with E-state index in [0.717, 1.165) is 22.6 Å². The van der Waals surface area contributed by atoms with Gasteiger partial charge < -0.3 is 20.3 Å². The maximum atomic E-state index is 13.0. The fourth-order valence-corrected chi connectivity index (χ4v) is 5.66. The zero-order valence-corrected chi connectivity index (χ0v) is 24.6. The van der Waals surface area contributed by atoms with Crippen LogP contribution >= 0.6 is 46.8 Å². The molecule has 2 heterocycles. The number of carbonyl (C=O) groups is 2. The van der Waals surface area contributed by atoms with E-state index in [1.807, 2.05) is 44.5 Å². The number of halogens is 2. The van der Waals surface area contributed by atoms with Crippen LogP contribution in [-0.2, 0) is 11.3 Å². The number of nitrogens with one attached hydrogen (secondary N) is 2. The molecule has 37 heavy (non-hydrogen) atoms. The molecule has 198 valence electrons. The van der Waals surface area contributed by atoms with Crippen LogP contribution in [0.4, 0.5) is 10.7 Å². The van der Waals surface area contributed by atoms with Crippen molar-refractivity contribution in [1.29, 1.82) is 0 Å². The number of hydrogen-bond donors (Lipinski definition) is 2. The molecule has 3 rings (SSSR count). The van der Waals surface area contributed by atoms with Gasteiger partial charge in [-0.15, -0.1) is 11.3 Å². The number of aryl methyl sites for hydroxylation is 1. The zero-order chi connectivity index (χ0) is 27.4. The van der Waals surface area contributed by atoms with Crippen LogP contribution in [0.15, 0.2) is 18.2 Å². The van der Waals surface area contributed by atoms with Crippen LogP contribution in [0.5, 0.6) is 0 Å². The number of aromatic nitrogens is 2. The average molecular weight is 583 g/mol. The number of esters is 1. The van der Waals surface area contributed by atoms with Crippen molar-refractivity contribution in [3.8, 4) is 0 Å². The predicted octanol–water partition coefficient (Wildman–Crippen LogP) is 6.30. The predicted molar refractivity (Wildman–Crippen MR) is 155 cm³/mol. The first-order chi connectivity index (χ1) is 17.5. The summed E-state index contributed by atoms with van der Waals surface area (Å²) in [6, 6.07) is 5.46. The van der Waals surface area contributed by atoms with E-state index < -0.39 is 5.97 Å². The Bertz CT molecular complexity index is 1350. The second-order valence-corrected chi connectivity index (χ2v) is 10.5. The minimum Gasteiger partial charge on any atom is -0.465 e. The molecule has 0 spiro atoms. The van der Waals surface area contributed by atoms with Crippen LogP contribution in [0.3, 0.4) is 0 Å². The van der Waals surface area contributed by atoms with Gasteiger partial charge in [0.25, 0.3) is 5.91 Å². The molecule has 0 saturated heterocycles. The molecule has 1 aromatic carbocycles. The molecule has 2 N–H and O–H groups in total. The van der Waals surface area contributed by atoms with Gasteiger partial charge in [-0.1, -0.05) is 29.3 Å². The number of benzene rings is 1. The average Bonchev–Trinajstić information content (AvgIpc) is 3.31. The molecule has 8 nitrogen and oxygen atoms in total. The van der Waals surface area contributed by atoms with E-state index in [4.69, 9.17) is 40.2 Å². The highest BCUT2D eigenvalue weighted by Crippen LogP contribution is 2.35. The van der Waals surface area contributed by atoms with Gasteiger partial charge in [0.05, 0.1) is 51.2 Å². The number of rotatable bonds is 8. The summed E-state index contributed by atoms with van der Waals surface area (Å²) in [6.45, 7) is 11.0. The molecule has 0 saturated carbocycles. The van der Waals surface area contributed by atoms with Gasteiger partial charge in [0, 0.05) is 13.1 Å². The Morgan fingerprint density at radius 2 is 1.81 bits per heavy atom. The second-order valence-electron chi connectivity index (χ2n) is 8.26. The van der Waals surface area contributed by atoms with Gasteiger partial charge in [0.15, 0.2) is 5.11 Å². The molecule has 12 heteroatoms. The van der Waals surface area contributed by atoms with Crippen LogP contribution in [0.1, 0.15) is 56.4 Å². The number of hydrogen-bond acceptors (Lipinski definition) is 6. The largest absolute Gasteiger partial charge is 0.465 e. The number of thiophene rings is 1. The summed E-state index contributed by atoms with van der Waals surface area (Å²) in [5, 5.41) is 12.6. The summed E-state index contributed by atoms with van der Waals surface area (Å²) in [6.07, 6.45) is 0. The Hall–Kier alpha value is -2.66. The molecule has 0 fully saturated rings. The maximum absolute atomic E-state index is 13.0. The number of amides is 1. The smallest absolute Gasteiger partial charge is 0.341 e. The Balaban J connectivity index is 1.85. The highest BCUT2D eigenvalue weighted by atomic mass is 35.5. The first-order valence-corrected chi connectivity index (χ1v) is 13.6. The summed E-state index contributed by atoms with van der Waals surface area (Å²) in [4.78, 5) is 27.8. The van der Waals surface area contributed by atoms with Gasteiger partial charge in [-0.05, 0) is 70.1 Å². The van der Waals surface area contributed by atoms with Gasteiger partial charge in [-0.3, -0.25) is 9.48 Å². The van der Waals surface area contributed by atoms with Gasteiger partial charge in [-0.25, -0.2) is 4.79 Å². The van der Waals surface area contributed by atoms with E-state index in [9.17, 15) is 9.59 Å². The molecule has 3 aromatic rings. The van der Waals surface area contributed by atoms with E-state index in [-0.39, 0.29) is 16.6 Å². The van der Waals surface area contributed by atoms with E-state index in [1.165, 1.54) is 18.4 Å². The lowest BCUT2D eigenvalue weighted by atomic mass is 10.1. The van der Waals surface area contributed by atoms with E-state index in [2.05, 4.69) is 15.7 Å². The van der Waals surface area contributed by atoms with Crippen molar-refractivity contribution < 1.29 is 14.3 Å². The zero-order valence-electron chi connectivity index (χ0n) is 21.5. The van der Waals surface area contributed by atoms with Crippen LogP contribution in [0, 0.1) is 20.8 Å². The number of thiocarbonyl (C=S) groups is 1. The minimum absolute atomic E-state index is 0.139. The molecule has 0 radical (unpaired) electrons. The van der Waals surface area contributed by atoms with Gasteiger partial charge in [0.2, 0.25) is 0 Å². The number of methoxy groups -OCH3 is 1. The minimum atomic E-state index is -0.542. The summed E-state index contributed by atoms with van der Waals surface area (Å²) in [5.41, 5.74) is 4.14. The Kier molecular flexibility index (Phi) is 9.57. The van der Waals surface area contributed by atoms with Crippen molar-refractivity contribution in [1.82, 2.24) is 14.7 Å². The lowest BCUT2D eigenvalue weighted by Gasteiger charge is -2.18. The van der Waals surface area contributed by atoms with E-state index in [0.29, 0.717) is 45.1 Å². The first kappa shape index (κ1) is 28.9. The summed E-state index contributed by atoms with van der Waals surface area (Å²) < 4.78 is 6.83. The van der Waals surface area contributed by atoms with Crippen LogP contribution in [0.2, 0.25) is 10.0 Å². The maximum Gasteiger partial charge on any atom is 0.341 e. The van der Waals surface area contributed by atoms with Crippen LogP contribution in [0.25, 0.3) is 0 Å². The lowest BCUT2D eigenvalue weighted by molar-refractivity contribution is 0.0601. The lowest BCUT2D eigenvalue weighted by Crippen LogP contribution is -2.30. The molecule has 0 atom stereocenters. The number of anilines is 2. The quantitative estimate of drug-likeness (QED) is 0.238. The third-order valence-electron chi connectivity index (χ3n) is 5.94. The molecule has 0 bridgehead atoms. The summed E-state index contributed by atoms with van der Waals surface area (Å²) in [5.74, 6) is -0.681. The Morgan fingerprint density at radius 3 is 2.41 bits per heavy atom.